The predicted molar refractivity (Wildman–Crippen MR) is 97.2 cm³/mol. The summed E-state index contributed by atoms with van der Waals surface area (Å²) >= 11 is 0. The smallest absolute Gasteiger partial charge is 0.227 e. The molecule has 0 saturated heterocycles. The summed E-state index contributed by atoms with van der Waals surface area (Å²) in [6, 6.07) is 10.5. The Balaban J connectivity index is 1.43. The van der Waals surface area contributed by atoms with Gasteiger partial charge in [-0.3, -0.25) is 4.68 Å². The van der Waals surface area contributed by atoms with Crippen molar-refractivity contribution in [3.63, 3.8) is 0 Å². The lowest BCUT2D eigenvalue weighted by Gasteiger charge is -2.21. The van der Waals surface area contributed by atoms with Crippen molar-refractivity contribution in [2.24, 2.45) is 0 Å². The molecule has 0 radical (unpaired) electrons. The minimum absolute atomic E-state index is 0.307. The Morgan fingerprint density at radius 2 is 2.00 bits per heavy atom. The molecule has 0 saturated carbocycles. The van der Waals surface area contributed by atoms with Crippen LogP contribution in [-0.2, 0) is 6.42 Å². The summed E-state index contributed by atoms with van der Waals surface area (Å²) in [4.78, 5) is 4.46. The Labute approximate surface area is 148 Å². The van der Waals surface area contributed by atoms with Crippen LogP contribution in [0.25, 0.3) is 11.4 Å². The Morgan fingerprint density at radius 3 is 2.72 bits per heavy atom. The van der Waals surface area contributed by atoms with Crippen LogP contribution in [0.1, 0.15) is 37.8 Å². The molecule has 2 unspecified atom stereocenters. The molecular formula is C19H25N5O. The van der Waals surface area contributed by atoms with E-state index in [2.05, 4.69) is 47.5 Å². The van der Waals surface area contributed by atoms with Crippen molar-refractivity contribution >= 4 is 0 Å². The number of nitrogens with one attached hydrogen (secondary N) is 1. The van der Waals surface area contributed by atoms with Crippen LogP contribution < -0.4 is 5.32 Å². The fourth-order valence-electron chi connectivity index (χ4n) is 2.69. The molecule has 1 aromatic carbocycles. The molecular weight excluding hydrogens is 314 g/mol. The molecule has 0 aliphatic heterocycles. The summed E-state index contributed by atoms with van der Waals surface area (Å²) in [7, 11) is 0. The summed E-state index contributed by atoms with van der Waals surface area (Å²) in [5.41, 5.74) is 2.16. The average Bonchev–Trinajstić information content (AvgIpc) is 3.28. The van der Waals surface area contributed by atoms with Crippen molar-refractivity contribution in [3.05, 3.63) is 54.2 Å². The highest BCUT2D eigenvalue weighted by Crippen LogP contribution is 2.15. The molecule has 0 bridgehead atoms. The van der Waals surface area contributed by atoms with Crippen LogP contribution in [-0.4, -0.2) is 32.5 Å². The summed E-state index contributed by atoms with van der Waals surface area (Å²) in [6.45, 7) is 7.31. The molecule has 2 heterocycles. The molecule has 6 nitrogen and oxygen atoms in total. The maximum atomic E-state index is 5.34. The van der Waals surface area contributed by atoms with Gasteiger partial charge in [-0.15, -0.1) is 0 Å². The largest absolute Gasteiger partial charge is 0.339 e. The maximum Gasteiger partial charge on any atom is 0.227 e. The van der Waals surface area contributed by atoms with Crippen molar-refractivity contribution in [2.75, 3.05) is 6.54 Å². The Morgan fingerprint density at radius 1 is 1.20 bits per heavy atom. The van der Waals surface area contributed by atoms with Crippen molar-refractivity contribution in [3.8, 4) is 11.4 Å². The second-order valence-corrected chi connectivity index (χ2v) is 6.46. The Hall–Kier alpha value is -2.47. The van der Waals surface area contributed by atoms with Gasteiger partial charge in [0.25, 0.3) is 0 Å². The highest BCUT2D eigenvalue weighted by Gasteiger charge is 2.14. The van der Waals surface area contributed by atoms with Gasteiger partial charge in [-0.2, -0.15) is 10.1 Å². The van der Waals surface area contributed by atoms with Gasteiger partial charge in [0.05, 0.1) is 12.2 Å². The highest BCUT2D eigenvalue weighted by atomic mass is 16.5. The molecule has 0 aliphatic carbocycles. The van der Waals surface area contributed by atoms with Crippen molar-refractivity contribution in [1.82, 2.24) is 25.2 Å². The minimum Gasteiger partial charge on any atom is -0.339 e. The fraction of sp³-hybridized carbons (Fsp3) is 0.421. The second-order valence-electron chi connectivity index (χ2n) is 6.46. The summed E-state index contributed by atoms with van der Waals surface area (Å²) < 4.78 is 7.35. The predicted octanol–water partition coefficient (Wildman–Crippen LogP) is 3.41. The van der Waals surface area contributed by atoms with E-state index in [-0.39, 0.29) is 0 Å². The van der Waals surface area contributed by atoms with Crippen LogP contribution >= 0.6 is 0 Å². The number of aromatic nitrogens is 4. The van der Waals surface area contributed by atoms with Crippen molar-refractivity contribution < 1.29 is 4.52 Å². The minimum atomic E-state index is 0.307. The van der Waals surface area contributed by atoms with Gasteiger partial charge in [0.1, 0.15) is 0 Å². The number of hydrogen-bond acceptors (Lipinski definition) is 5. The zero-order chi connectivity index (χ0) is 17.6. The first kappa shape index (κ1) is 17.4. The Kier molecular flexibility index (Phi) is 5.60. The van der Waals surface area contributed by atoms with Gasteiger partial charge in [-0.1, -0.05) is 35.5 Å². The lowest BCUT2D eigenvalue weighted by Crippen LogP contribution is -2.34. The monoisotopic (exact) mass is 339 g/mol. The van der Waals surface area contributed by atoms with Crippen molar-refractivity contribution in [1.29, 1.82) is 0 Å². The quantitative estimate of drug-likeness (QED) is 0.637. The summed E-state index contributed by atoms with van der Waals surface area (Å²) in [5.74, 6) is 1.34. The third-order valence-corrected chi connectivity index (χ3v) is 4.41. The van der Waals surface area contributed by atoms with E-state index in [1.165, 1.54) is 5.56 Å². The molecule has 132 valence electrons. The van der Waals surface area contributed by atoms with Crippen LogP contribution in [0.5, 0.6) is 0 Å². The third kappa shape index (κ3) is 4.54. The van der Waals surface area contributed by atoms with Gasteiger partial charge < -0.3 is 9.84 Å². The van der Waals surface area contributed by atoms with Gasteiger partial charge in [-0.25, -0.2) is 0 Å². The van der Waals surface area contributed by atoms with E-state index in [1.54, 1.807) is 0 Å². The molecule has 2 atom stereocenters. The number of nitrogens with zero attached hydrogens (tertiary/aromatic N) is 4. The number of benzene rings is 1. The topological polar surface area (TPSA) is 68.8 Å². The van der Waals surface area contributed by atoms with E-state index in [9.17, 15) is 0 Å². The molecule has 3 rings (SSSR count). The SMILES string of the molecule is Cc1cnn(C(C)C(C)NCCCc2nc(-c3ccccc3)no2)c1. The second kappa shape index (κ2) is 8.07. The average molecular weight is 339 g/mol. The van der Waals surface area contributed by atoms with Gasteiger partial charge >= 0.3 is 0 Å². The van der Waals surface area contributed by atoms with Crippen LogP contribution in [0.15, 0.2) is 47.2 Å². The van der Waals surface area contributed by atoms with Gasteiger partial charge in [0.2, 0.25) is 11.7 Å². The fourth-order valence-corrected chi connectivity index (χ4v) is 2.69. The van der Waals surface area contributed by atoms with Crippen LogP contribution in [0.4, 0.5) is 0 Å². The molecule has 0 amide bonds. The molecule has 0 fully saturated rings. The lowest BCUT2D eigenvalue weighted by molar-refractivity contribution is 0.353. The van der Waals surface area contributed by atoms with Gasteiger partial charge in [0.15, 0.2) is 0 Å². The standard InChI is InChI=1S/C19H25N5O/c1-14-12-21-24(13-14)16(3)15(2)20-11-7-10-18-22-19(23-25-18)17-8-5-4-6-9-17/h4-6,8-9,12-13,15-16,20H,7,10-11H2,1-3H3. The first-order chi connectivity index (χ1) is 12.1. The van der Waals surface area contributed by atoms with Crippen molar-refractivity contribution in [2.45, 2.75) is 45.7 Å². The van der Waals surface area contributed by atoms with E-state index in [0.717, 1.165) is 24.9 Å². The van der Waals surface area contributed by atoms with E-state index < -0.39 is 0 Å². The highest BCUT2D eigenvalue weighted by molar-refractivity contribution is 5.53. The maximum absolute atomic E-state index is 5.34. The Bertz CT molecular complexity index is 780. The van der Waals surface area contributed by atoms with E-state index >= 15 is 0 Å². The number of rotatable bonds is 8. The van der Waals surface area contributed by atoms with Crippen LogP contribution in [0.2, 0.25) is 0 Å². The lowest BCUT2D eigenvalue weighted by atomic mass is 10.1. The summed E-state index contributed by atoms with van der Waals surface area (Å²) in [5, 5.41) is 12.0. The molecule has 2 aromatic heterocycles. The normalized spacial score (nSPS) is 13.7. The zero-order valence-electron chi connectivity index (χ0n) is 15.0. The summed E-state index contributed by atoms with van der Waals surface area (Å²) in [6.07, 6.45) is 5.69. The van der Waals surface area contributed by atoms with E-state index in [4.69, 9.17) is 4.52 Å². The molecule has 3 aromatic rings. The molecule has 1 N–H and O–H groups in total. The first-order valence-electron chi connectivity index (χ1n) is 8.75. The molecule has 0 aliphatic rings. The van der Waals surface area contributed by atoms with E-state index in [1.807, 2.05) is 41.2 Å². The van der Waals surface area contributed by atoms with Crippen LogP contribution in [0, 0.1) is 6.92 Å². The first-order valence-corrected chi connectivity index (χ1v) is 8.75. The molecule has 0 spiro atoms. The molecule has 25 heavy (non-hydrogen) atoms. The van der Waals surface area contributed by atoms with Crippen LogP contribution in [0.3, 0.4) is 0 Å². The number of aryl methyl sites for hydroxylation is 2. The third-order valence-electron chi connectivity index (χ3n) is 4.41. The number of hydrogen-bond donors (Lipinski definition) is 1. The van der Waals surface area contributed by atoms with Gasteiger partial charge in [0, 0.05) is 24.2 Å². The van der Waals surface area contributed by atoms with E-state index in [0.29, 0.717) is 23.8 Å². The zero-order valence-corrected chi connectivity index (χ0v) is 15.0. The molecule has 6 heteroatoms. The van der Waals surface area contributed by atoms with Gasteiger partial charge in [-0.05, 0) is 39.3 Å².